The highest BCUT2D eigenvalue weighted by Crippen LogP contribution is 2.29. The number of carboxylic acid groups (broad SMARTS) is 1. The van der Waals surface area contributed by atoms with Gasteiger partial charge in [0.1, 0.15) is 12.4 Å². The van der Waals surface area contributed by atoms with E-state index in [4.69, 9.17) is 42.8 Å². The van der Waals surface area contributed by atoms with Crippen LogP contribution in [0, 0.1) is 0 Å². The first-order valence-corrected chi connectivity index (χ1v) is 14.8. The number of aliphatic imine (C=N–C) groups is 2. The van der Waals surface area contributed by atoms with E-state index < -0.39 is 5.97 Å². The molecule has 1 aromatic carbocycles. The quantitative estimate of drug-likeness (QED) is 0.237. The number of halogens is 2. The number of benzene rings is 1. The number of hydrogen-bond acceptors (Lipinski definition) is 7. The van der Waals surface area contributed by atoms with E-state index in [2.05, 4.69) is 38.4 Å². The molecule has 0 spiro atoms. The zero-order valence-electron chi connectivity index (χ0n) is 24.1. The smallest absolute Gasteiger partial charge is 0.329 e. The van der Waals surface area contributed by atoms with Crippen LogP contribution in [0.3, 0.4) is 0 Å². The Balaban J connectivity index is 1.52. The Morgan fingerprint density at radius 3 is 2.52 bits per heavy atom. The fraction of sp³-hybridized carbons (Fsp3) is 0.467. The van der Waals surface area contributed by atoms with E-state index in [0.29, 0.717) is 39.9 Å². The van der Waals surface area contributed by atoms with E-state index in [0.717, 1.165) is 69.7 Å². The van der Waals surface area contributed by atoms with Gasteiger partial charge in [0.05, 0.1) is 18.0 Å². The van der Waals surface area contributed by atoms with Crippen molar-refractivity contribution in [3.8, 4) is 17.1 Å². The van der Waals surface area contributed by atoms with Crippen LogP contribution in [0.15, 0.2) is 52.3 Å². The van der Waals surface area contributed by atoms with Crippen LogP contribution in [0.2, 0.25) is 10.0 Å². The molecule has 1 N–H and O–H groups in total. The predicted molar refractivity (Wildman–Crippen MR) is 167 cm³/mol. The molecule has 2 saturated heterocycles. The van der Waals surface area contributed by atoms with E-state index in [1.54, 1.807) is 12.3 Å². The summed E-state index contributed by atoms with van der Waals surface area (Å²) in [5.41, 5.74) is 2.48. The molecule has 10 nitrogen and oxygen atoms in total. The van der Waals surface area contributed by atoms with Crippen molar-refractivity contribution in [1.29, 1.82) is 0 Å². The standard InChI is InChI=1S/C30H38Cl2N6O4/c1-21(18-34-30(33-2)38-8-4-7-36(3)11-12-38)42-28-14-22(13-27(35-28)23-15-24(31)17-25(32)16-23)19-37-9-5-26(6-10-37)41-20-29(39)40/h13-18,26H,2,4-12,19-20H2,1,3H3,(H,39,40)/b21-18+,34-30+. The number of hydrogen-bond donors (Lipinski definition) is 1. The van der Waals surface area contributed by atoms with E-state index in [9.17, 15) is 4.79 Å². The van der Waals surface area contributed by atoms with Gasteiger partial charge >= 0.3 is 5.97 Å². The van der Waals surface area contributed by atoms with Crippen molar-refractivity contribution in [3.63, 3.8) is 0 Å². The second-order valence-corrected chi connectivity index (χ2v) is 11.5. The van der Waals surface area contributed by atoms with Gasteiger partial charge in [0, 0.05) is 60.9 Å². The van der Waals surface area contributed by atoms with E-state index in [1.165, 1.54) is 0 Å². The first-order chi connectivity index (χ1) is 20.2. The van der Waals surface area contributed by atoms with E-state index >= 15 is 0 Å². The third kappa shape index (κ3) is 9.78. The van der Waals surface area contributed by atoms with Gasteiger partial charge in [-0.3, -0.25) is 4.90 Å². The van der Waals surface area contributed by atoms with Gasteiger partial charge in [-0.05, 0) is 76.3 Å². The maximum absolute atomic E-state index is 10.8. The third-order valence-electron chi connectivity index (χ3n) is 7.17. The number of likely N-dealkylation sites (tertiary alicyclic amines) is 1. The minimum Gasteiger partial charge on any atom is -0.480 e. The van der Waals surface area contributed by atoms with Crippen LogP contribution < -0.4 is 4.74 Å². The molecule has 226 valence electrons. The number of ether oxygens (including phenoxy) is 2. The normalized spacial score (nSPS) is 18.1. The first kappa shape index (κ1) is 31.9. The van der Waals surface area contributed by atoms with Crippen molar-refractivity contribution in [2.24, 2.45) is 9.98 Å². The fourth-order valence-corrected chi connectivity index (χ4v) is 5.57. The van der Waals surface area contributed by atoms with Crippen molar-refractivity contribution in [1.82, 2.24) is 19.7 Å². The van der Waals surface area contributed by atoms with Crippen LogP contribution in [-0.2, 0) is 16.1 Å². The maximum atomic E-state index is 10.8. The lowest BCUT2D eigenvalue weighted by atomic mass is 10.1. The highest BCUT2D eigenvalue weighted by atomic mass is 35.5. The number of piperidine rings is 1. The summed E-state index contributed by atoms with van der Waals surface area (Å²) in [6.45, 7) is 11.2. The van der Waals surface area contributed by atoms with Gasteiger partial charge in [-0.15, -0.1) is 0 Å². The van der Waals surface area contributed by atoms with Crippen molar-refractivity contribution >= 4 is 41.8 Å². The number of carboxylic acids is 1. The summed E-state index contributed by atoms with van der Waals surface area (Å²) in [5, 5.41) is 9.93. The number of aliphatic carboxylic acids is 1. The zero-order valence-corrected chi connectivity index (χ0v) is 25.6. The summed E-state index contributed by atoms with van der Waals surface area (Å²) in [6, 6.07) is 9.25. The fourth-order valence-electron chi connectivity index (χ4n) is 5.04. The Kier molecular flexibility index (Phi) is 11.7. The summed E-state index contributed by atoms with van der Waals surface area (Å²) in [6.07, 6.45) is 4.17. The van der Waals surface area contributed by atoms with Gasteiger partial charge in [-0.25, -0.2) is 19.8 Å². The topological polar surface area (TPSA) is 103 Å². The van der Waals surface area contributed by atoms with Crippen LogP contribution in [0.5, 0.6) is 5.88 Å². The Morgan fingerprint density at radius 2 is 1.83 bits per heavy atom. The summed E-state index contributed by atoms with van der Waals surface area (Å²) in [7, 11) is 2.12. The molecule has 0 unspecified atom stereocenters. The van der Waals surface area contributed by atoms with Crippen LogP contribution in [0.1, 0.15) is 31.7 Å². The Morgan fingerprint density at radius 1 is 1.10 bits per heavy atom. The molecular weight excluding hydrogens is 579 g/mol. The van der Waals surface area contributed by atoms with Crippen LogP contribution in [0.4, 0.5) is 0 Å². The molecular formula is C30H38Cl2N6O4. The summed E-state index contributed by atoms with van der Waals surface area (Å²) >= 11 is 12.6. The van der Waals surface area contributed by atoms with Gasteiger partial charge in [-0.1, -0.05) is 23.2 Å². The summed E-state index contributed by atoms with van der Waals surface area (Å²) in [5.74, 6) is 0.600. The average molecular weight is 618 g/mol. The molecule has 0 amide bonds. The monoisotopic (exact) mass is 616 g/mol. The zero-order chi connectivity index (χ0) is 30.1. The van der Waals surface area contributed by atoms with Crippen LogP contribution in [-0.4, -0.2) is 102 Å². The van der Waals surface area contributed by atoms with Crippen LogP contribution in [0.25, 0.3) is 11.3 Å². The molecule has 2 aliphatic heterocycles. The number of rotatable bonds is 9. The molecule has 4 rings (SSSR count). The molecule has 0 radical (unpaired) electrons. The average Bonchev–Trinajstić information content (AvgIpc) is 3.16. The second kappa shape index (κ2) is 15.5. The number of allylic oxidation sites excluding steroid dienone is 1. The van der Waals surface area contributed by atoms with Crippen molar-refractivity contribution in [3.05, 3.63) is 57.9 Å². The Labute approximate surface area is 257 Å². The van der Waals surface area contributed by atoms with Gasteiger partial charge in [0.2, 0.25) is 11.8 Å². The molecule has 0 bridgehead atoms. The number of likely N-dealkylation sites (N-methyl/N-ethyl adjacent to an activating group) is 1. The van der Waals surface area contributed by atoms with Gasteiger partial charge in [-0.2, -0.15) is 0 Å². The van der Waals surface area contributed by atoms with Gasteiger partial charge in [0.15, 0.2) is 0 Å². The molecule has 2 aliphatic rings. The largest absolute Gasteiger partial charge is 0.480 e. The van der Waals surface area contributed by atoms with Crippen molar-refractivity contribution in [2.75, 3.05) is 52.9 Å². The minimum absolute atomic E-state index is 0.0450. The molecule has 3 heterocycles. The summed E-state index contributed by atoms with van der Waals surface area (Å²) in [4.78, 5) is 31.1. The van der Waals surface area contributed by atoms with E-state index in [-0.39, 0.29) is 12.7 Å². The highest BCUT2D eigenvalue weighted by Gasteiger charge is 2.21. The number of carbonyl (C=O) groups is 1. The molecule has 0 saturated carbocycles. The maximum Gasteiger partial charge on any atom is 0.329 e. The molecule has 1 aromatic heterocycles. The minimum atomic E-state index is -0.947. The molecule has 42 heavy (non-hydrogen) atoms. The molecule has 0 atom stereocenters. The molecule has 2 fully saturated rings. The van der Waals surface area contributed by atoms with Gasteiger partial charge in [0.25, 0.3) is 0 Å². The Hall–Kier alpha value is -3.02. The van der Waals surface area contributed by atoms with Crippen molar-refractivity contribution in [2.45, 2.75) is 38.8 Å². The molecule has 12 heteroatoms. The first-order valence-electron chi connectivity index (χ1n) is 14.0. The molecule has 0 aliphatic carbocycles. The number of nitrogens with zero attached hydrogens (tertiary/aromatic N) is 6. The van der Waals surface area contributed by atoms with Crippen molar-refractivity contribution < 1.29 is 19.4 Å². The third-order valence-corrected chi connectivity index (χ3v) is 7.61. The predicted octanol–water partition coefficient (Wildman–Crippen LogP) is 5.06. The Bertz CT molecular complexity index is 1290. The SMILES string of the molecule is C=N/C(=N\C=C(/C)Oc1cc(CN2CCC(OCC(=O)O)CC2)cc(-c2cc(Cl)cc(Cl)c2)n1)N1CCCN(C)CC1. The number of aromatic nitrogens is 1. The second-order valence-electron chi connectivity index (χ2n) is 10.6. The van der Waals surface area contributed by atoms with Gasteiger partial charge < -0.3 is 24.4 Å². The lowest BCUT2D eigenvalue weighted by molar-refractivity contribution is -0.145. The van der Waals surface area contributed by atoms with Crippen LogP contribution >= 0.6 is 23.2 Å². The van der Waals surface area contributed by atoms with E-state index in [1.807, 2.05) is 31.2 Å². The molecule has 2 aromatic rings. The summed E-state index contributed by atoms with van der Waals surface area (Å²) < 4.78 is 11.6. The highest BCUT2D eigenvalue weighted by molar-refractivity contribution is 6.35. The lowest BCUT2D eigenvalue weighted by Gasteiger charge is -2.31. The number of pyridine rings is 1. The number of guanidine groups is 1. The lowest BCUT2D eigenvalue weighted by Crippen LogP contribution is -2.37.